The molecule has 0 unspecified atom stereocenters. The Kier molecular flexibility index (Phi) is 5.33. The van der Waals surface area contributed by atoms with Gasteiger partial charge < -0.3 is 5.73 Å². The molecule has 0 aliphatic heterocycles. The van der Waals surface area contributed by atoms with Gasteiger partial charge in [0.1, 0.15) is 0 Å². The maximum absolute atomic E-state index is 12.3. The lowest BCUT2D eigenvalue weighted by molar-refractivity contribution is 0.360. The first kappa shape index (κ1) is 15.5. The number of rotatable bonds is 6. The second-order valence-corrected chi connectivity index (χ2v) is 6.53. The maximum Gasteiger partial charge on any atom is 0.218 e. The Bertz CT molecular complexity index is 544. The van der Waals surface area contributed by atoms with Gasteiger partial charge in [0.15, 0.2) is 0 Å². The van der Waals surface area contributed by atoms with Gasteiger partial charge in [-0.3, -0.25) is 0 Å². The normalized spacial score (nSPS) is 11.7. The van der Waals surface area contributed by atoms with Crippen molar-refractivity contribution in [1.29, 1.82) is 5.26 Å². The lowest BCUT2D eigenvalue weighted by Crippen LogP contribution is -2.38. The number of nitrogen functional groups attached to an aromatic ring is 1. The molecule has 1 aromatic carbocycles. The van der Waals surface area contributed by atoms with Crippen molar-refractivity contribution >= 4 is 15.7 Å². The fourth-order valence-corrected chi connectivity index (χ4v) is 3.58. The van der Waals surface area contributed by atoms with Crippen LogP contribution < -0.4 is 5.73 Å². The summed E-state index contributed by atoms with van der Waals surface area (Å²) in [6.07, 6.45) is 0.194. The SMILES string of the molecule is CC(C)N(CCC#N)S(=O)(=O)Cc1ccc(N)cc1. The summed E-state index contributed by atoms with van der Waals surface area (Å²) in [4.78, 5) is 0. The predicted molar refractivity (Wildman–Crippen MR) is 75.6 cm³/mol. The molecule has 0 amide bonds. The maximum atomic E-state index is 12.3. The number of hydrogen-bond acceptors (Lipinski definition) is 4. The Hall–Kier alpha value is -1.58. The van der Waals surface area contributed by atoms with Gasteiger partial charge in [0.25, 0.3) is 0 Å². The fourth-order valence-electron chi connectivity index (χ4n) is 1.79. The zero-order chi connectivity index (χ0) is 14.5. The summed E-state index contributed by atoms with van der Waals surface area (Å²) in [7, 11) is -3.42. The minimum atomic E-state index is -3.42. The van der Waals surface area contributed by atoms with Gasteiger partial charge in [-0.25, -0.2) is 8.42 Å². The van der Waals surface area contributed by atoms with Crippen molar-refractivity contribution in [2.75, 3.05) is 12.3 Å². The highest BCUT2D eigenvalue weighted by molar-refractivity contribution is 7.88. The van der Waals surface area contributed by atoms with Crippen LogP contribution in [0.5, 0.6) is 0 Å². The summed E-state index contributed by atoms with van der Waals surface area (Å²) in [5.41, 5.74) is 6.86. The van der Waals surface area contributed by atoms with E-state index in [2.05, 4.69) is 0 Å². The van der Waals surface area contributed by atoms with Crippen molar-refractivity contribution in [2.45, 2.75) is 32.1 Å². The van der Waals surface area contributed by atoms with E-state index in [0.717, 1.165) is 0 Å². The molecule has 0 aliphatic carbocycles. The van der Waals surface area contributed by atoms with Crippen LogP contribution in [0.25, 0.3) is 0 Å². The molecule has 104 valence electrons. The third-order valence-electron chi connectivity index (χ3n) is 2.71. The van der Waals surface area contributed by atoms with E-state index in [1.807, 2.05) is 6.07 Å². The smallest absolute Gasteiger partial charge is 0.218 e. The Morgan fingerprint density at radius 3 is 2.37 bits per heavy atom. The van der Waals surface area contributed by atoms with E-state index in [1.165, 1.54) is 4.31 Å². The number of benzene rings is 1. The lowest BCUT2D eigenvalue weighted by atomic mass is 10.2. The second kappa shape index (κ2) is 6.55. The largest absolute Gasteiger partial charge is 0.399 e. The van der Waals surface area contributed by atoms with Crippen molar-refractivity contribution in [1.82, 2.24) is 4.31 Å². The van der Waals surface area contributed by atoms with E-state index in [4.69, 9.17) is 11.0 Å². The van der Waals surface area contributed by atoms with Crippen molar-refractivity contribution in [2.24, 2.45) is 0 Å². The molecule has 0 heterocycles. The number of nitrogens with two attached hydrogens (primary N) is 1. The average Bonchev–Trinajstić information content (AvgIpc) is 2.31. The number of nitrogens with zero attached hydrogens (tertiary/aromatic N) is 2. The van der Waals surface area contributed by atoms with Crippen molar-refractivity contribution < 1.29 is 8.42 Å². The number of hydrogen-bond donors (Lipinski definition) is 1. The van der Waals surface area contributed by atoms with Crippen LogP contribution in [-0.4, -0.2) is 25.3 Å². The Labute approximate surface area is 114 Å². The van der Waals surface area contributed by atoms with Crippen molar-refractivity contribution in [3.05, 3.63) is 29.8 Å². The number of nitriles is 1. The van der Waals surface area contributed by atoms with Gasteiger partial charge in [0.2, 0.25) is 10.0 Å². The van der Waals surface area contributed by atoms with E-state index in [1.54, 1.807) is 38.1 Å². The molecule has 6 heteroatoms. The third kappa shape index (κ3) is 4.54. The van der Waals surface area contributed by atoms with Gasteiger partial charge in [0.05, 0.1) is 11.8 Å². The highest BCUT2D eigenvalue weighted by atomic mass is 32.2. The zero-order valence-corrected chi connectivity index (χ0v) is 12.0. The first-order valence-electron chi connectivity index (χ1n) is 6.07. The molecule has 0 spiro atoms. The molecule has 0 radical (unpaired) electrons. The van der Waals surface area contributed by atoms with Crippen LogP contribution >= 0.6 is 0 Å². The van der Waals surface area contributed by atoms with E-state index in [0.29, 0.717) is 11.3 Å². The molecule has 0 saturated heterocycles. The summed E-state index contributed by atoms with van der Waals surface area (Å²) < 4.78 is 26.0. The lowest BCUT2D eigenvalue weighted by Gasteiger charge is -2.25. The predicted octanol–water partition coefficient (Wildman–Crippen LogP) is 1.72. The van der Waals surface area contributed by atoms with Gasteiger partial charge in [0, 0.05) is 24.7 Å². The minimum Gasteiger partial charge on any atom is -0.399 e. The van der Waals surface area contributed by atoms with E-state index >= 15 is 0 Å². The molecule has 1 aromatic rings. The zero-order valence-electron chi connectivity index (χ0n) is 11.2. The van der Waals surface area contributed by atoms with Crippen LogP contribution in [0.3, 0.4) is 0 Å². The monoisotopic (exact) mass is 281 g/mol. The molecule has 0 aromatic heterocycles. The van der Waals surface area contributed by atoms with Crippen LogP contribution in [-0.2, 0) is 15.8 Å². The van der Waals surface area contributed by atoms with Gasteiger partial charge >= 0.3 is 0 Å². The van der Waals surface area contributed by atoms with Gasteiger partial charge in [-0.05, 0) is 31.5 Å². The van der Waals surface area contributed by atoms with Gasteiger partial charge in [-0.15, -0.1) is 0 Å². The summed E-state index contributed by atoms with van der Waals surface area (Å²) >= 11 is 0. The van der Waals surface area contributed by atoms with E-state index in [-0.39, 0.29) is 24.8 Å². The average molecular weight is 281 g/mol. The summed E-state index contributed by atoms with van der Waals surface area (Å²) in [6, 6.07) is 8.58. The Morgan fingerprint density at radius 2 is 1.89 bits per heavy atom. The Balaban J connectivity index is 2.88. The van der Waals surface area contributed by atoms with Gasteiger partial charge in [-0.1, -0.05) is 12.1 Å². The molecule has 0 saturated carbocycles. The standard InChI is InChI=1S/C13H19N3O2S/c1-11(2)16(9-3-8-14)19(17,18)10-12-4-6-13(15)7-5-12/h4-7,11H,3,9-10,15H2,1-2H3. The van der Waals surface area contributed by atoms with E-state index < -0.39 is 10.0 Å². The van der Waals surface area contributed by atoms with Crippen molar-refractivity contribution in [3.8, 4) is 6.07 Å². The molecule has 0 atom stereocenters. The highest BCUT2D eigenvalue weighted by Gasteiger charge is 2.24. The first-order valence-corrected chi connectivity index (χ1v) is 7.68. The molecule has 0 fully saturated rings. The van der Waals surface area contributed by atoms with E-state index in [9.17, 15) is 8.42 Å². The van der Waals surface area contributed by atoms with Crippen LogP contribution in [0.15, 0.2) is 24.3 Å². The Morgan fingerprint density at radius 1 is 1.32 bits per heavy atom. The molecule has 19 heavy (non-hydrogen) atoms. The topological polar surface area (TPSA) is 87.2 Å². The highest BCUT2D eigenvalue weighted by Crippen LogP contribution is 2.15. The van der Waals surface area contributed by atoms with Crippen LogP contribution in [0.2, 0.25) is 0 Å². The fraction of sp³-hybridized carbons (Fsp3) is 0.462. The summed E-state index contributed by atoms with van der Waals surface area (Å²) in [5, 5.41) is 8.60. The second-order valence-electron chi connectivity index (χ2n) is 4.61. The first-order chi connectivity index (χ1) is 8.86. The molecule has 2 N–H and O–H groups in total. The molecule has 1 rings (SSSR count). The van der Waals surface area contributed by atoms with Crippen molar-refractivity contribution in [3.63, 3.8) is 0 Å². The quantitative estimate of drug-likeness (QED) is 0.804. The van der Waals surface area contributed by atoms with Crippen LogP contribution in [0, 0.1) is 11.3 Å². The van der Waals surface area contributed by atoms with Gasteiger partial charge in [-0.2, -0.15) is 9.57 Å². The molecular formula is C13H19N3O2S. The van der Waals surface area contributed by atoms with Crippen LogP contribution in [0.4, 0.5) is 5.69 Å². The minimum absolute atomic E-state index is 0.0725. The summed E-state index contributed by atoms with van der Waals surface area (Å²) in [6.45, 7) is 3.83. The van der Waals surface area contributed by atoms with Crippen LogP contribution in [0.1, 0.15) is 25.8 Å². The molecule has 0 bridgehead atoms. The molecular weight excluding hydrogens is 262 g/mol. The summed E-state index contributed by atoms with van der Waals surface area (Å²) in [5.74, 6) is -0.0725. The number of anilines is 1. The third-order valence-corrected chi connectivity index (χ3v) is 4.72. The number of sulfonamides is 1. The molecule has 5 nitrogen and oxygen atoms in total. The molecule has 0 aliphatic rings.